The predicted molar refractivity (Wildman–Crippen MR) is 139 cm³/mol. The molecule has 0 bridgehead atoms. The van der Waals surface area contributed by atoms with E-state index in [1.807, 2.05) is 29.2 Å². The third-order valence-corrected chi connectivity index (χ3v) is 7.25. The first-order valence-electron chi connectivity index (χ1n) is 12.3. The number of rotatable bonds is 5. The number of nitrogens with one attached hydrogen (secondary N) is 1. The average Bonchev–Trinajstić information content (AvgIpc) is 3.32. The number of carbonyl (C=O) groups is 1. The number of piperazine rings is 1. The molecule has 2 aliphatic heterocycles. The van der Waals surface area contributed by atoms with E-state index >= 15 is 0 Å². The Hall–Kier alpha value is -3.25. The molecular weight excluding hydrogens is 424 g/mol. The van der Waals surface area contributed by atoms with E-state index in [9.17, 15) is 4.79 Å². The van der Waals surface area contributed by atoms with Gasteiger partial charge in [-0.15, -0.1) is 0 Å². The Labute approximate surface area is 201 Å². The van der Waals surface area contributed by atoms with E-state index in [0.29, 0.717) is 6.04 Å². The van der Waals surface area contributed by atoms with E-state index in [2.05, 4.69) is 59.1 Å². The molecule has 2 aliphatic rings. The van der Waals surface area contributed by atoms with Gasteiger partial charge in [-0.25, -0.2) is 0 Å². The molecule has 1 amide bonds. The molecule has 1 aromatic heterocycles. The van der Waals surface area contributed by atoms with Crippen LogP contribution in [0.2, 0.25) is 0 Å². The molecule has 0 atom stereocenters. The number of methoxy groups -OCH3 is 1. The minimum absolute atomic E-state index is 0.133. The van der Waals surface area contributed by atoms with Gasteiger partial charge in [0.25, 0.3) is 5.91 Å². The molecule has 6 heteroatoms. The first kappa shape index (κ1) is 22.5. The van der Waals surface area contributed by atoms with Crippen LogP contribution in [0, 0.1) is 0 Å². The summed E-state index contributed by atoms with van der Waals surface area (Å²) in [6.45, 7) is 9.77. The number of amides is 1. The van der Waals surface area contributed by atoms with Crippen molar-refractivity contribution in [3.05, 3.63) is 65.9 Å². The van der Waals surface area contributed by atoms with Crippen molar-refractivity contribution in [2.75, 3.05) is 51.3 Å². The first-order chi connectivity index (χ1) is 16.5. The second kappa shape index (κ2) is 9.55. The van der Waals surface area contributed by atoms with Crippen LogP contribution in [0.4, 0.5) is 5.69 Å². The van der Waals surface area contributed by atoms with Crippen molar-refractivity contribution in [1.29, 1.82) is 0 Å². The minimum Gasteiger partial charge on any atom is -0.497 e. The second-order valence-electron chi connectivity index (χ2n) is 9.51. The van der Waals surface area contributed by atoms with Crippen LogP contribution in [-0.4, -0.2) is 73.1 Å². The zero-order chi connectivity index (χ0) is 23.7. The van der Waals surface area contributed by atoms with Gasteiger partial charge in [0.05, 0.1) is 7.11 Å². The van der Waals surface area contributed by atoms with Gasteiger partial charge in [-0.3, -0.25) is 9.69 Å². The van der Waals surface area contributed by atoms with Crippen LogP contribution in [0.25, 0.3) is 16.5 Å². The van der Waals surface area contributed by atoms with E-state index in [1.165, 1.54) is 22.2 Å². The summed E-state index contributed by atoms with van der Waals surface area (Å²) < 4.78 is 5.27. The Morgan fingerprint density at radius 1 is 1.00 bits per heavy atom. The Balaban J connectivity index is 1.28. The maximum atomic E-state index is 13.1. The van der Waals surface area contributed by atoms with Gasteiger partial charge in [-0.05, 0) is 62.2 Å². The van der Waals surface area contributed by atoms with Crippen molar-refractivity contribution in [1.82, 2.24) is 14.8 Å². The Kier molecular flexibility index (Phi) is 6.33. The molecule has 0 saturated carbocycles. The predicted octanol–water partition coefficient (Wildman–Crippen LogP) is 4.64. The van der Waals surface area contributed by atoms with Gasteiger partial charge in [0.1, 0.15) is 5.75 Å². The monoisotopic (exact) mass is 458 g/mol. The molecule has 1 N–H and O–H groups in total. The number of H-pyrrole nitrogens is 1. The summed E-state index contributed by atoms with van der Waals surface area (Å²) in [5.74, 6) is 1.01. The van der Waals surface area contributed by atoms with Crippen molar-refractivity contribution in [2.24, 2.45) is 0 Å². The number of anilines is 1. The summed E-state index contributed by atoms with van der Waals surface area (Å²) in [6.07, 6.45) is 5.40. The molecule has 2 aromatic carbocycles. The van der Waals surface area contributed by atoms with Gasteiger partial charge in [-0.1, -0.05) is 12.1 Å². The largest absolute Gasteiger partial charge is 0.497 e. The molecule has 1 fully saturated rings. The molecule has 0 spiro atoms. The zero-order valence-corrected chi connectivity index (χ0v) is 20.4. The number of nitrogens with zero attached hydrogens (tertiary/aromatic N) is 3. The Bertz CT molecular complexity index is 1190. The topological polar surface area (TPSA) is 51.8 Å². The molecule has 3 aromatic rings. The molecule has 6 nitrogen and oxygen atoms in total. The smallest absolute Gasteiger partial charge is 0.254 e. The van der Waals surface area contributed by atoms with E-state index in [-0.39, 0.29) is 5.91 Å². The summed E-state index contributed by atoms with van der Waals surface area (Å²) in [7, 11) is 1.69. The number of ether oxygens (including phenoxy) is 1. The fraction of sp³-hybridized carbons (Fsp3) is 0.393. The highest BCUT2D eigenvalue weighted by molar-refractivity contribution is 6.00. The van der Waals surface area contributed by atoms with Crippen molar-refractivity contribution < 1.29 is 9.53 Å². The number of aromatic nitrogens is 1. The fourth-order valence-electron chi connectivity index (χ4n) is 5.09. The quantitative estimate of drug-likeness (QED) is 0.605. The normalized spacial score (nSPS) is 17.4. The van der Waals surface area contributed by atoms with Crippen LogP contribution in [0.5, 0.6) is 5.75 Å². The van der Waals surface area contributed by atoms with Crippen LogP contribution in [0.15, 0.2) is 54.7 Å². The summed E-state index contributed by atoms with van der Waals surface area (Å²) in [4.78, 5) is 23.3. The van der Waals surface area contributed by atoms with Crippen LogP contribution < -0.4 is 9.64 Å². The van der Waals surface area contributed by atoms with Gasteiger partial charge in [-0.2, -0.15) is 0 Å². The molecule has 178 valence electrons. The van der Waals surface area contributed by atoms with Gasteiger partial charge in [0, 0.05) is 79.2 Å². The number of benzene rings is 2. The van der Waals surface area contributed by atoms with Gasteiger partial charge < -0.3 is 19.5 Å². The number of carbonyl (C=O) groups excluding carboxylic acids is 1. The molecule has 1 saturated heterocycles. The molecule has 3 heterocycles. The number of aromatic amines is 1. The SMILES string of the molecule is COc1ccc(N2CC=C(c3c[nH]c4cc(C(=O)N5CCN(C(C)C)CC5)ccc34)CC2)cc1. The lowest BCUT2D eigenvalue weighted by molar-refractivity contribution is 0.0595. The van der Waals surface area contributed by atoms with E-state index in [0.717, 1.165) is 62.5 Å². The van der Waals surface area contributed by atoms with Crippen molar-refractivity contribution in [3.63, 3.8) is 0 Å². The van der Waals surface area contributed by atoms with Crippen molar-refractivity contribution in [3.8, 4) is 5.75 Å². The lowest BCUT2D eigenvalue weighted by atomic mass is 9.98. The summed E-state index contributed by atoms with van der Waals surface area (Å²) >= 11 is 0. The molecule has 0 unspecified atom stereocenters. The van der Waals surface area contributed by atoms with E-state index in [1.54, 1.807) is 7.11 Å². The summed E-state index contributed by atoms with van der Waals surface area (Å²) in [5.41, 5.74) is 5.61. The number of hydrogen-bond acceptors (Lipinski definition) is 4. The minimum atomic E-state index is 0.133. The number of hydrogen-bond donors (Lipinski definition) is 1. The Morgan fingerprint density at radius 2 is 1.76 bits per heavy atom. The van der Waals surface area contributed by atoms with E-state index in [4.69, 9.17) is 4.74 Å². The highest BCUT2D eigenvalue weighted by Crippen LogP contribution is 2.31. The fourth-order valence-corrected chi connectivity index (χ4v) is 5.09. The molecule has 34 heavy (non-hydrogen) atoms. The number of fused-ring (bicyclic) bond motifs is 1. The van der Waals surface area contributed by atoms with Crippen LogP contribution >= 0.6 is 0 Å². The Morgan fingerprint density at radius 3 is 2.41 bits per heavy atom. The van der Waals surface area contributed by atoms with Crippen LogP contribution in [-0.2, 0) is 0 Å². The molecule has 5 rings (SSSR count). The molecular formula is C28H34N4O2. The highest BCUT2D eigenvalue weighted by Gasteiger charge is 2.24. The lowest BCUT2D eigenvalue weighted by Gasteiger charge is -2.37. The lowest BCUT2D eigenvalue weighted by Crippen LogP contribution is -2.50. The average molecular weight is 459 g/mol. The van der Waals surface area contributed by atoms with Crippen LogP contribution in [0.1, 0.15) is 36.2 Å². The highest BCUT2D eigenvalue weighted by atomic mass is 16.5. The molecule has 0 radical (unpaired) electrons. The summed E-state index contributed by atoms with van der Waals surface area (Å²) in [5, 5.41) is 1.19. The third-order valence-electron chi connectivity index (χ3n) is 7.25. The van der Waals surface area contributed by atoms with Crippen LogP contribution in [0.3, 0.4) is 0 Å². The van der Waals surface area contributed by atoms with Gasteiger partial charge in [0.15, 0.2) is 0 Å². The molecule has 0 aliphatic carbocycles. The maximum Gasteiger partial charge on any atom is 0.254 e. The second-order valence-corrected chi connectivity index (χ2v) is 9.51. The van der Waals surface area contributed by atoms with Gasteiger partial charge >= 0.3 is 0 Å². The standard InChI is InChI=1S/C28H34N4O2/c1-20(2)30-14-16-32(17-15-30)28(33)22-4-9-25-26(19-29-27(25)18-22)21-10-12-31(13-11-21)23-5-7-24(34-3)8-6-23/h4-10,18-20,29H,11-17H2,1-3H3. The third kappa shape index (κ3) is 4.42. The van der Waals surface area contributed by atoms with Crippen molar-refractivity contribution >= 4 is 28.1 Å². The maximum absolute atomic E-state index is 13.1. The zero-order valence-electron chi connectivity index (χ0n) is 20.4. The van der Waals surface area contributed by atoms with E-state index < -0.39 is 0 Å². The first-order valence-corrected chi connectivity index (χ1v) is 12.3. The summed E-state index contributed by atoms with van der Waals surface area (Å²) in [6, 6.07) is 14.9. The van der Waals surface area contributed by atoms with Gasteiger partial charge in [0.2, 0.25) is 0 Å². The van der Waals surface area contributed by atoms with Crippen molar-refractivity contribution in [2.45, 2.75) is 26.3 Å².